The number of esters is 1. The van der Waals surface area contributed by atoms with Crippen LogP contribution < -0.4 is 5.32 Å². The Hall–Kier alpha value is -3.55. The molecule has 1 N–H and O–H groups in total. The molecule has 0 aliphatic heterocycles. The maximum atomic E-state index is 13.8. The average molecular weight is 383 g/mol. The highest BCUT2D eigenvalue weighted by Crippen LogP contribution is 2.20. The number of halogens is 1. The highest BCUT2D eigenvalue weighted by atomic mass is 19.1. The van der Waals surface area contributed by atoms with E-state index in [1.54, 1.807) is 49.4 Å². The van der Waals surface area contributed by atoms with Crippen LogP contribution in [0.25, 0.3) is 11.4 Å². The molecule has 0 spiro atoms. The van der Waals surface area contributed by atoms with Crippen LogP contribution in [0.3, 0.4) is 0 Å². The van der Waals surface area contributed by atoms with E-state index >= 15 is 0 Å². The summed E-state index contributed by atoms with van der Waals surface area (Å²) in [7, 11) is 0. The second kappa shape index (κ2) is 8.90. The first-order valence-corrected chi connectivity index (χ1v) is 8.72. The van der Waals surface area contributed by atoms with Gasteiger partial charge < -0.3 is 14.6 Å². The average Bonchev–Trinajstić information content (AvgIpc) is 3.16. The van der Waals surface area contributed by atoms with Crippen LogP contribution in [-0.4, -0.2) is 28.6 Å². The largest absolute Gasteiger partial charge is 0.462 e. The maximum absolute atomic E-state index is 13.8. The molecule has 0 atom stereocenters. The third-order valence-electron chi connectivity index (χ3n) is 3.85. The lowest BCUT2D eigenvalue weighted by Crippen LogP contribution is -2.16. The molecular weight excluding hydrogens is 365 g/mol. The molecular formula is C20H18FN3O4. The van der Waals surface area contributed by atoms with Crippen molar-refractivity contribution >= 4 is 17.6 Å². The van der Waals surface area contributed by atoms with Crippen molar-refractivity contribution < 1.29 is 23.2 Å². The second-order valence-corrected chi connectivity index (χ2v) is 5.81. The third kappa shape index (κ3) is 4.59. The van der Waals surface area contributed by atoms with Gasteiger partial charge in [-0.1, -0.05) is 29.4 Å². The van der Waals surface area contributed by atoms with Gasteiger partial charge in [-0.05, 0) is 31.2 Å². The number of carbonyl (C=O) groups excluding carboxylic acids is 2. The Balaban J connectivity index is 1.62. The lowest BCUT2D eigenvalue weighted by molar-refractivity contribution is -0.116. The van der Waals surface area contributed by atoms with Crippen LogP contribution in [0.1, 0.15) is 29.6 Å². The zero-order valence-corrected chi connectivity index (χ0v) is 15.1. The molecule has 8 heteroatoms. The van der Waals surface area contributed by atoms with Crippen LogP contribution in [0, 0.1) is 5.82 Å². The van der Waals surface area contributed by atoms with Crippen molar-refractivity contribution in [2.24, 2.45) is 0 Å². The summed E-state index contributed by atoms with van der Waals surface area (Å²) in [6, 6.07) is 12.7. The predicted octanol–water partition coefficient (Wildman–Crippen LogP) is 3.62. The Labute approximate surface area is 160 Å². The summed E-state index contributed by atoms with van der Waals surface area (Å²) in [5.41, 5.74) is 0.867. The molecule has 144 valence electrons. The zero-order chi connectivity index (χ0) is 19.9. The first kappa shape index (κ1) is 19.2. The van der Waals surface area contributed by atoms with Gasteiger partial charge in [0.05, 0.1) is 23.4 Å². The van der Waals surface area contributed by atoms with Gasteiger partial charge in [0.15, 0.2) is 0 Å². The van der Waals surface area contributed by atoms with E-state index in [0.717, 1.165) is 0 Å². The molecule has 0 aliphatic carbocycles. The predicted molar refractivity (Wildman–Crippen MR) is 99.0 cm³/mol. The van der Waals surface area contributed by atoms with Crippen molar-refractivity contribution in [3.05, 3.63) is 65.8 Å². The number of hydrogen-bond acceptors (Lipinski definition) is 6. The normalized spacial score (nSPS) is 10.5. The lowest BCUT2D eigenvalue weighted by atomic mass is 10.1. The number of anilines is 1. The molecule has 1 amide bonds. The topological polar surface area (TPSA) is 94.3 Å². The van der Waals surface area contributed by atoms with Crippen molar-refractivity contribution in [3.63, 3.8) is 0 Å². The standard InChI is InChI=1S/C20H18FN3O4/c1-2-27-20(26)14-8-4-6-10-16(14)22-17(25)11-12-18-23-19(24-28-18)13-7-3-5-9-15(13)21/h3-10H,2,11-12H2,1H3,(H,22,25). The number of aryl methyl sites for hydroxylation is 1. The Morgan fingerprint density at radius 3 is 2.68 bits per heavy atom. The van der Waals surface area contributed by atoms with Gasteiger partial charge in [0.2, 0.25) is 17.6 Å². The molecule has 0 bridgehead atoms. The van der Waals surface area contributed by atoms with Crippen molar-refractivity contribution in [2.75, 3.05) is 11.9 Å². The number of hydrogen-bond donors (Lipinski definition) is 1. The second-order valence-electron chi connectivity index (χ2n) is 5.81. The summed E-state index contributed by atoms with van der Waals surface area (Å²) in [5.74, 6) is -0.955. The number of rotatable bonds is 7. The first-order valence-electron chi connectivity index (χ1n) is 8.72. The quantitative estimate of drug-likeness (QED) is 0.626. The molecule has 7 nitrogen and oxygen atoms in total. The Kier molecular flexibility index (Phi) is 6.11. The molecule has 0 fully saturated rings. The fourth-order valence-electron chi connectivity index (χ4n) is 2.52. The number of nitrogens with zero attached hydrogens (tertiary/aromatic N) is 2. The molecule has 1 heterocycles. The Morgan fingerprint density at radius 1 is 1.14 bits per heavy atom. The van der Waals surface area contributed by atoms with Crippen molar-refractivity contribution in [2.45, 2.75) is 19.8 Å². The first-order chi connectivity index (χ1) is 13.6. The number of aromatic nitrogens is 2. The highest BCUT2D eigenvalue weighted by Gasteiger charge is 2.16. The highest BCUT2D eigenvalue weighted by molar-refractivity contribution is 6.01. The number of amides is 1. The van der Waals surface area contributed by atoms with Crippen LogP contribution in [0.4, 0.5) is 10.1 Å². The van der Waals surface area contributed by atoms with Crippen molar-refractivity contribution in [1.29, 1.82) is 0 Å². The number of ether oxygens (including phenoxy) is 1. The minimum Gasteiger partial charge on any atom is -0.462 e. The van der Waals surface area contributed by atoms with Gasteiger partial charge in [0.25, 0.3) is 0 Å². The molecule has 0 saturated heterocycles. The molecule has 3 aromatic rings. The fraction of sp³-hybridized carbons (Fsp3) is 0.200. The summed E-state index contributed by atoms with van der Waals surface area (Å²) in [6.07, 6.45) is 0.227. The van der Waals surface area contributed by atoms with E-state index in [9.17, 15) is 14.0 Å². The molecule has 0 saturated carbocycles. The van der Waals surface area contributed by atoms with E-state index < -0.39 is 11.8 Å². The van der Waals surface area contributed by atoms with Crippen LogP contribution in [0.5, 0.6) is 0 Å². The number of benzene rings is 2. The van der Waals surface area contributed by atoms with Crippen molar-refractivity contribution in [1.82, 2.24) is 10.1 Å². The van der Waals surface area contributed by atoms with E-state index in [4.69, 9.17) is 9.26 Å². The van der Waals surface area contributed by atoms with Crippen LogP contribution >= 0.6 is 0 Å². The van der Waals surface area contributed by atoms with Gasteiger partial charge in [-0.15, -0.1) is 0 Å². The number of nitrogens with one attached hydrogen (secondary N) is 1. The number of para-hydroxylation sites is 1. The Bertz CT molecular complexity index is 987. The molecule has 1 aromatic heterocycles. The zero-order valence-electron chi connectivity index (χ0n) is 15.1. The molecule has 3 rings (SSSR count). The number of carbonyl (C=O) groups is 2. The summed E-state index contributed by atoms with van der Waals surface area (Å²) < 4.78 is 23.8. The van der Waals surface area contributed by atoms with Gasteiger partial charge in [-0.25, -0.2) is 9.18 Å². The summed E-state index contributed by atoms with van der Waals surface area (Å²) >= 11 is 0. The third-order valence-corrected chi connectivity index (χ3v) is 3.85. The molecule has 0 unspecified atom stereocenters. The van der Waals surface area contributed by atoms with Gasteiger partial charge in [0, 0.05) is 12.8 Å². The van der Waals surface area contributed by atoms with E-state index in [1.807, 2.05) is 0 Å². The van der Waals surface area contributed by atoms with Gasteiger partial charge in [-0.2, -0.15) is 4.98 Å². The lowest BCUT2D eigenvalue weighted by Gasteiger charge is -2.09. The SMILES string of the molecule is CCOC(=O)c1ccccc1NC(=O)CCc1nc(-c2ccccc2F)no1. The van der Waals surface area contributed by atoms with E-state index in [-0.39, 0.29) is 48.2 Å². The summed E-state index contributed by atoms with van der Waals surface area (Å²) in [6.45, 7) is 1.95. The van der Waals surface area contributed by atoms with Gasteiger partial charge in [0.1, 0.15) is 5.82 Å². The summed E-state index contributed by atoms with van der Waals surface area (Å²) in [5, 5.41) is 6.43. The smallest absolute Gasteiger partial charge is 0.340 e. The van der Waals surface area contributed by atoms with Crippen LogP contribution in [-0.2, 0) is 16.0 Å². The molecule has 2 aromatic carbocycles. The van der Waals surface area contributed by atoms with Gasteiger partial charge >= 0.3 is 5.97 Å². The van der Waals surface area contributed by atoms with Gasteiger partial charge in [-0.3, -0.25) is 4.79 Å². The molecule has 0 radical (unpaired) electrons. The molecule has 0 aliphatic rings. The van der Waals surface area contributed by atoms with Crippen LogP contribution in [0.15, 0.2) is 53.1 Å². The minimum absolute atomic E-state index is 0.0517. The van der Waals surface area contributed by atoms with Crippen LogP contribution in [0.2, 0.25) is 0 Å². The minimum atomic E-state index is -0.509. The summed E-state index contributed by atoms with van der Waals surface area (Å²) in [4.78, 5) is 28.3. The van der Waals surface area contributed by atoms with E-state index in [0.29, 0.717) is 5.69 Å². The Morgan fingerprint density at radius 2 is 1.89 bits per heavy atom. The van der Waals surface area contributed by atoms with E-state index in [2.05, 4.69) is 15.5 Å². The maximum Gasteiger partial charge on any atom is 0.340 e. The fourth-order valence-corrected chi connectivity index (χ4v) is 2.52. The monoisotopic (exact) mass is 383 g/mol. The van der Waals surface area contributed by atoms with Crippen molar-refractivity contribution in [3.8, 4) is 11.4 Å². The molecule has 28 heavy (non-hydrogen) atoms. The van der Waals surface area contributed by atoms with E-state index in [1.165, 1.54) is 6.07 Å².